The first kappa shape index (κ1) is 19.7. The third-order valence-corrected chi connectivity index (χ3v) is 6.61. The van der Waals surface area contributed by atoms with E-state index >= 15 is 0 Å². The highest BCUT2D eigenvalue weighted by Crippen LogP contribution is 2.39. The van der Waals surface area contributed by atoms with Crippen LogP contribution < -0.4 is 4.90 Å². The lowest BCUT2D eigenvalue weighted by atomic mass is 10.1. The number of para-hydroxylation sites is 2. The Labute approximate surface area is 179 Å². The molecule has 1 amide bonds. The number of amidine groups is 1. The lowest BCUT2D eigenvalue weighted by Crippen LogP contribution is -2.29. The minimum atomic E-state index is -0.0166. The number of amides is 1. The van der Waals surface area contributed by atoms with Crippen molar-refractivity contribution in [1.82, 2.24) is 0 Å². The minimum absolute atomic E-state index is 0.0166. The van der Waals surface area contributed by atoms with Crippen LogP contribution in [0.15, 0.2) is 75.9 Å². The quantitative estimate of drug-likeness (QED) is 0.433. The van der Waals surface area contributed by atoms with Crippen molar-refractivity contribution >= 4 is 51.6 Å². The van der Waals surface area contributed by atoms with Crippen LogP contribution in [0, 0.1) is 0 Å². The predicted molar refractivity (Wildman–Crippen MR) is 126 cm³/mol. The number of aliphatic imine (C=N–C) groups is 1. The first-order valence-electron chi connectivity index (χ1n) is 9.73. The fourth-order valence-electron chi connectivity index (χ4n) is 3.31. The van der Waals surface area contributed by atoms with Gasteiger partial charge in [-0.25, -0.2) is 4.99 Å². The predicted octanol–water partition coefficient (Wildman–Crippen LogP) is 6.68. The van der Waals surface area contributed by atoms with Crippen molar-refractivity contribution in [3.63, 3.8) is 0 Å². The van der Waals surface area contributed by atoms with Crippen molar-refractivity contribution < 1.29 is 4.79 Å². The van der Waals surface area contributed by atoms with E-state index in [1.54, 1.807) is 16.2 Å². The maximum absolute atomic E-state index is 13.4. The number of carbonyl (C=O) groups excluding carboxylic acids is 1. The summed E-state index contributed by atoms with van der Waals surface area (Å²) in [5.41, 5.74) is 4.14. The van der Waals surface area contributed by atoms with Crippen LogP contribution in [-0.4, -0.2) is 11.1 Å². The second-order valence-electron chi connectivity index (χ2n) is 6.63. The molecule has 5 heteroatoms. The maximum Gasteiger partial charge on any atom is 0.271 e. The number of thiophene rings is 1. The number of nitrogens with zero attached hydrogens (tertiary/aromatic N) is 2. The van der Waals surface area contributed by atoms with Gasteiger partial charge in [0, 0.05) is 4.88 Å². The number of thioether (sulfide) groups is 1. The van der Waals surface area contributed by atoms with Crippen LogP contribution >= 0.6 is 23.1 Å². The van der Waals surface area contributed by atoms with E-state index in [1.165, 1.54) is 17.3 Å². The molecule has 2 aromatic carbocycles. The Balaban J connectivity index is 1.84. The van der Waals surface area contributed by atoms with Crippen LogP contribution in [0.3, 0.4) is 0 Å². The lowest BCUT2D eigenvalue weighted by Gasteiger charge is -2.19. The van der Waals surface area contributed by atoms with Crippen LogP contribution in [0.4, 0.5) is 11.4 Å². The molecule has 0 radical (unpaired) electrons. The van der Waals surface area contributed by atoms with E-state index in [9.17, 15) is 4.79 Å². The van der Waals surface area contributed by atoms with Crippen LogP contribution in [-0.2, 0) is 17.6 Å². The molecule has 0 aliphatic carbocycles. The van der Waals surface area contributed by atoms with E-state index in [0.717, 1.165) is 34.7 Å². The number of anilines is 1. The van der Waals surface area contributed by atoms with E-state index < -0.39 is 0 Å². The van der Waals surface area contributed by atoms with Crippen molar-refractivity contribution in [3.05, 3.63) is 87.0 Å². The van der Waals surface area contributed by atoms with E-state index in [2.05, 4.69) is 26.0 Å². The molecule has 4 rings (SSSR count). The van der Waals surface area contributed by atoms with Crippen molar-refractivity contribution in [2.75, 3.05) is 4.90 Å². The molecule has 29 heavy (non-hydrogen) atoms. The average Bonchev–Trinajstić information content (AvgIpc) is 3.37. The molecule has 0 bridgehead atoms. The van der Waals surface area contributed by atoms with Gasteiger partial charge in [0.25, 0.3) is 5.91 Å². The molecule has 3 aromatic rings. The lowest BCUT2D eigenvalue weighted by molar-refractivity contribution is -0.113. The Kier molecular flexibility index (Phi) is 5.97. The van der Waals surface area contributed by atoms with Gasteiger partial charge in [-0.15, -0.1) is 11.3 Å². The number of hydrogen-bond acceptors (Lipinski definition) is 4. The Morgan fingerprint density at radius 2 is 1.66 bits per heavy atom. The second kappa shape index (κ2) is 8.80. The fraction of sp³-hybridized carbons (Fsp3) is 0.167. The fourth-order valence-corrected chi connectivity index (χ4v) is 5.02. The van der Waals surface area contributed by atoms with Gasteiger partial charge < -0.3 is 0 Å². The smallest absolute Gasteiger partial charge is 0.268 e. The summed E-state index contributed by atoms with van der Waals surface area (Å²) in [6, 6.07) is 20.2. The second-order valence-corrected chi connectivity index (χ2v) is 8.61. The van der Waals surface area contributed by atoms with Gasteiger partial charge in [0.05, 0.1) is 16.3 Å². The Morgan fingerprint density at radius 1 is 0.931 bits per heavy atom. The molecular weight excluding hydrogens is 396 g/mol. The zero-order valence-electron chi connectivity index (χ0n) is 16.5. The van der Waals surface area contributed by atoms with E-state index in [-0.39, 0.29) is 5.91 Å². The van der Waals surface area contributed by atoms with Crippen molar-refractivity contribution in [3.8, 4) is 0 Å². The summed E-state index contributed by atoms with van der Waals surface area (Å²) in [4.78, 5) is 21.9. The highest BCUT2D eigenvalue weighted by atomic mass is 32.2. The van der Waals surface area contributed by atoms with Gasteiger partial charge in [-0.2, -0.15) is 0 Å². The number of benzene rings is 2. The standard InChI is InChI=1S/C24H22N2OS2/c1-3-17-10-5-7-13-20(17)25-24-26(21-14-8-6-11-18(21)4-2)23(27)22(29-24)16-19-12-9-15-28-19/h5-16H,3-4H2,1-2H3. The molecule has 1 fully saturated rings. The minimum Gasteiger partial charge on any atom is -0.268 e. The molecule has 0 spiro atoms. The van der Waals surface area contributed by atoms with Crippen LogP contribution in [0.5, 0.6) is 0 Å². The maximum atomic E-state index is 13.4. The normalized spacial score (nSPS) is 16.9. The third kappa shape index (κ3) is 4.07. The molecule has 0 saturated carbocycles. The zero-order chi connectivity index (χ0) is 20.2. The first-order valence-corrected chi connectivity index (χ1v) is 11.4. The number of carbonyl (C=O) groups is 1. The molecule has 0 unspecified atom stereocenters. The molecule has 3 nitrogen and oxygen atoms in total. The summed E-state index contributed by atoms with van der Waals surface area (Å²) in [7, 11) is 0. The van der Waals surface area contributed by atoms with Gasteiger partial charge in [0.2, 0.25) is 0 Å². The molecule has 1 saturated heterocycles. The Bertz CT molecular complexity index is 1080. The van der Waals surface area contributed by atoms with E-state index in [1.807, 2.05) is 60.0 Å². The summed E-state index contributed by atoms with van der Waals surface area (Å²) >= 11 is 3.07. The average molecular weight is 419 g/mol. The van der Waals surface area contributed by atoms with Gasteiger partial charge in [0.1, 0.15) is 0 Å². The highest BCUT2D eigenvalue weighted by Gasteiger charge is 2.35. The number of aryl methyl sites for hydroxylation is 2. The summed E-state index contributed by atoms with van der Waals surface area (Å²) < 4.78 is 0. The van der Waals surface area contributed by atoms with Gasteiger partial charge >= 0.3 is 0 Å². The molecule has 1 aromatic heterocycles. The largest absolute Gasteiger partial charge is 0.271 e. The van der Waals surface area contributed by atoms with Crippen LogP contribution in [0.25, 0.3) is 6.08 Å². The molecular formula is C24H22N2OS2. The van der Waals surface area contributed by atoms with Gasteiger partial charge in [-0.3, -0.25) is 9.69 Å². The van der Waals surface area contributed by atoms with Gasteiger partial charge in [-0.05, 0) is 65.4 Å². The van der Waals surface area contributed by atoms with Gasteiger partial charge in [0.15, 0.2) is 5.17 Å². The Morgan fingerprint density at radius 3 is 2.38 bits per heavy atom. The molecule has 146 valence electrons. The molecule has 0 N–H and O–H groups in total. The van der Waals surface area contributed by atoms with Crippen molar-refractivity contribution in [2.45, 2.75) is 26.7 Å². The monoisotopic (exact) mass is 418 g/mol. The summed E-state index contributed by atoms with van der Waals surface area (Å²) in [5.74, 6) is -0.0166. The number of hydrogen-bond donors (Lipinski definition) is 0. The molecule has 2 heterocycles. The SMILES string of the molecule is CCc1ccccc1N=C1SC(=Cc2cccs2)C(=O)N1c1ccccc1CC. The van der Waals surface area contributed by atoms with Crippen LogP contribution in [0.2, 0.25) is 0 Å². The number of rotatable bonds is 5. The zero-order valence-corrected chi connectivity index (χ0v) is 18.1. The molecule has 1 aliphatic rings. The van der Waals surface area contributed by atoms with Crippen molar-refractivity contribution in [1.29, 1.82) is 0 Å². The molecule has 1 aliphatic heterocycles. The van der Waals surface area contributed by atoms with E-state index in [0.29, 0.717) is 10.1 Å². The molecule has 0 atom stereocenters. The van der Waals surface area contributed by atoms with Crippen LogP contribution in [0.1, 0.15) is 29.9 Å². The van der Waals surface area contributed by atoms with Gasteiger partial charge in [-0.1, -0.05) is 56.3 Å². The topological polar surface area (TPSA) is 32.7 Å². The highest BCUT2D eigenvalue weighted by molar-refractivity contribution is 8.19. The Hall–Kier alpha value is -2.63. The van der Waals surface area contributed by atoms with Crippen molar-refractivity contribution in [2.24, 2.45) is 4.99 Å². The van der Waals surface area contributed by atoms with E-state index in [4.69, 9.17) is 4.99 Å². The third-order valence-electron chi connectivity index (χ3n) is 4.82. The summed E-state index contributed by atoms with van der Waals surface area (Å²) in [6.45, 7) is 4.23. The summed E-state index contributed by atoms with van der Waals surface area (Å²) in [5, 5.41) is 2.73. The first-order chi connectivity index (χ1) is 14.2. The summed E-state index contributed by atoms with van der Waals surface area (Å²) in [6.07, 6.45) is 3.72.